The van der Waals surface area contributed by atoms with Gasteiger partial charge in [-0.05, 0) is 32.9 Å². The first kappa shape index (κ1) is 9.54. The van der Waals surface area contributed by atoms with Gasteiger partial charge in [0.15, 0.2) is 0 Å². The number of hydrogen-bond donors (Lipinski definition) is 1. The summed E-state index contributed by atoms with van der Waals surface area (Å²) < 4.78 is 5.47. The number of amides is 1. The number of thiophene rings is 1. The van der Waals surface area contributed by atoms with Gasteiger partial charge in [-0.15, -0.1) is 11.3 Å². The van der Waals surface area contributed by atoms with Gasteiger partial charge in [-0.1, -0.05) is 0 Å². The van der Waals surface area contributed by atoms with Crippen LogP contribution in [0.1, 0.15) is 5.56 Å². The third-order valence-corrected chi connectivity index (χ3v) is 3.11. The maximum absolute atomic E-state index is 10.7. The van der Waals surface area contributed by atoms with E-state index in [2.05, 4.69) is 26.0 Å². The Hall–Kier alpha value is -0.550. The Balaban J connectivity index is 2.43. The summed E-state index contributed by atoms with van der Waals surface area (Å²) in [5.74, 6) is 0. The van der Waals surface area contributed by atoms with Crippen molar-refractivity contribution in [3.05, 3.63) is 20.8 Å². The quantitative estimate of drug-likeness (QED) is 0.875. The summed E-state index contributed by atoms with van der Waals surface area (Å²) in [7, 11) is 1.35. The summed E-state index contributed by atoms with van der Waals surface area (Å²) in [4.78, 5) is 10.7. The normalized spacial score (nSPS) is 9.50. The van der Waals surface area contributed by atoms with Crippen LogP contribution in [0, 0.1) is 0 Å². The molecule has 0 unspecified atom stereocenters. The van der Waals surface area contributed by atoms with Crippen LogP contribution in [0.4, 0.5) is 4.79 Å². The fourth-order valence-electron chi connectivity index (χ4n) is 0.685. The van der Waals surface area contributed by atoms with Gasteiger partial charge in [-0.3, -0.25) is 0 Å². The first-order valence-corrected chi connectivity index (χ1v) is 4.95. The Bertz CT molecular complexity index is 274. The molecule has 1 aromatic rings. The first-order chi connectivity index (χ1) is 5.74. The van der Waals surface area contributed by atoms with E-state index in [-0.39, 0.29) is 0 Å². The second-order valence-corrected chi connectivity index (χ2v) is 4.30. The van der Waals surface area contributed by atoms with E-state index in [1.165, 1.54) is 7.11 Å². The molecule has 5 heteroatoms. The fourth-order valence-corrected chi connectivity index (χ4v) is 1.92. The number of methoxy groups -OCH3 is 1. The maximum atomic E-state index is 10.7. The van der Waals surface area contributed by atoms with Crippen molar-refractivity contribution in [1.82, 2.24) is 5.32 Å². The topological polar surface area (TPSA) is 38.3 Å². The molecule has 66 valence electrons. The molecule has 0 radical (unpaired) electrons. The number of alkyl carbamates (subject to hydrolysis) is 1. The molecule has 0 saturated carbocycles. The van der Waals surface area contributed by atoms with E-state index in [4.69, 9.17) is 0 Å². The maximum Gasteiger partial charge on any atom is 0.407 e. The number of carbonyl (C=O) groups is 1. The SMILES string of the molecule is COC(=O)NCc1ccsc1Br. The summed E-state index contributed by atoms with van der Waals surface area (Å²) in [6, 6.07) is 1.95. The molecule has 0 fully saturated rings. The molecule has 1 heterocycles. The van der Waals surface area contributed by atoms with Crippen molar-refractivity contribution in [2.24, 2.45) is 0 Å². The van der Waals surface area contributed by atoms with Crippen LogP contribution in [0.3, 0.4) is 0 Å². The third-order valence-electron chi connectivity index (χ3n) is 1.30. The number of halogens is 1. The zero-order valence-corrected chi connectivity index (χ0v) is 8.87. The molecule has 1 rings (SSSR count). The fraction of sp³-hybridized carbons (Fsp3) is 0.286. The van der Waals surface area contributed by atoms with E-state index in [1.807, 2.05) is 11.4 Å². The van der Waals surface area contributed by atoms with Crippen LogP contribution >= 0.6 is 27.3 Å². The molecule has 0 bridgehead atoms. The second kappa shape index (κ2) is 4.47. The van der Waals surface area contributed by atoms with Gasteiger partial charge in [0.25, 0.3) is 0 Å². The van der Waals surface area contributed by atoms with Crippen molar-refractivity contribution in [3.63, 3.8) is 0 Å². The molecular weight excluding hydrogens is 242 g/mol. The van der Waals surface area contributed by atoms with Gasteiger partial charge in [0.05, 0.1) is 10.9 Å². The molecule has 0 aliphatic heterocycles. The Labute approximate surface area is 82.9 Å². The highest BCUT2D eigenvalue weighted by Crippen LogP contribution is 2.22. The van der Waals surface area contributed by atoms with E-state index < -0.39 is 6.09 Å². The summed E-state index contributed by atoms with van der Waals surface area (Å²) in [6.45, 7) is 0.497. The average Bonchev–Trinajstić information content (AvgIpc) is 2.47. The van der Waals surface area contributed by atoms with Crippen molar-refractivity contribution in [2.45, 2.75) is 6.54 Å². The van der Waals surface area contributed by atoms with E-state index in [1.54, 1.807) is 11.3 Å². The molecule has 1 N–H and O–H groups in total. The van der Waals surface area contributed by atoms with Gasteiger partial charge in [0.2, 0.25) is 0 Å². The second-order valence-electron chi connectivity index (χ2n) is 2.06. The minimum absolute atomic E-state index is 0.409. The highest BCUT2D eigenvalue weighted by Gasteiger charge is 2.02. The zero-order chi connectivity index (χ0) is 8.97. The lowest BCUT2D eigenvalue weighted by atomic mass is 10.3. The molecule has 1 amide bonds. The van der Waals surface area contributed by atoms with Gasteiger partial charge >= 0.3 is 6.09 Å². The highest BCUT2D eigenvalue weighted by atomic mass is 79.9. The van der Waals surface area contributed by atoms with Crippen molar-refractivity contribution in [3.8, 4) is 0 Å². The van der Waals surface area contributed by atoms with E-state index in [0.29, 0.717) is 6.54 Å². The highest BCUT2D eigenvalue weighted by molar-refractivity contribution is 9.11. The Morgan fingerprint density at radius 3 is 3.08 bits per heavy atom. The van der Waals surface area contributed by atoms with Crippen LogP contribution in [0.15, 0.2) is 15.2 Å². The molecule has 12 heavy (non-hydrogen) atoms. The Morgan fingerprint density at radius 2 is 2.58 bits per heavy atom. The summed E-state index contributed by atoms with van der Waals surface area (Å²) in [6.07, 6.45) is -0.409. The van der Waals surface area contributed by atoms with Gasteiger partial charge in [-0.2, -0.15) is 0 Å². The molecule has 0 aliphatic rings. The predicted molar refractivity (Wildman–Crippen MR) is 51.3 cm³/mol. The molecule has 3 nitrogen and oxygen atoms in total. The third kappa shape index (κ3) is 2.49. The molecule has 0 spiro atoms. The lowest BCUT2D eigenvalue weighted by Crippen LogP contribution is -2.22. The number of ether oxygens (including phenoxy) is 1. The standard InChI is InChI=1S/C7H8BrNO2S/c1-11-7(10)9-4-5-2-3-12-6(5)8/h2-3H,4H2,1H3,(H,9,10). The van der Waals surface area contributed by atoms with E-state index in [9.17, 15) is 4.79 Å². The number of rotatable bonds is 2. The molecule has 0 atom stereocenters. The molecule has 0 saturated heterocycles. The predicted octanol–water partition coefficient (Wildman–Crippen LogP) is 2.37. The molecule has 0 aliphatic carbocycles. The minimum atomic E-state index is -0.409. The van der Waals surface area contributed by atoms with Gasteiger partial charge < -0.3 is 10.1 Å². The van der Waals surface area contributed by atoms with Crippen LogP contribution in [-0.2, 0) is 11.3 Å². The minimum Gasteiger partial charge on any atom is -0.453 e. The summed E-state index contributed by atoms with van der Waals surface area (Å²) in [5.41, 5.74) is 1.06. The lowest BCUT2D eigenvalue weighted by molar-refractivity contribution is 0.170. The number of hydrogen-bond acceptors (Lipinski definition) is 3. The van der Waals surface area contributed by atoms with Gasteiger partial charge in [-0.25, -0.2) is 4.79 Å². The molecular formula is C7H8BrNO2S. The Morgan fingerprint density at radius 1 is 1.83 bits per heavy atom. The largest absolute Gasteiger partial charge is 0.453 e. The molecule has 0 aromatic carbocycles. The zero-order valence-electron chi connectivity index (χ0n) is 6.46. The number of nitrogens with one attached hydrogen (secondary N) is 1. The van der Waals surface area contributed by atoms with E-state index >= 15 is 0 Å². The summed E-state index contributed by atoms with van der Waals surface area (Å²) in [5, 5.41) is 4.55. The lowest BCUT2D eigenvalue weighted by Gasteiger charge is -2.01. The average molecular weight is 250 g/mol. The Kier molecular flexibility index (Phi) is 3.55. The van der Waals surface area contributed by atoms with Crippen LogP contribution in [0.2, 0.25) is 0 Å². The van der Waals surface area contributed by atoms with Gasteiger partial charge in [0, 0.05) is 6.54 Å². The number of carbonyl (C=O) groups excluding carboxylic acids is 1. The van der Waals surface area contributed by atoms with Crippen LogP contribution < -0.4 is 5.32 Å². The monoisotopic (exact) mass is 249 g/mol. The van der Waals surface area contributed by atoms with Crippen molar-refractivity contribution in [1.29, 1.82) is 0 Å². The van der Waals surface area contributed by atoms with Crippen molar-refractivity contribution >= 4 is 33.4 Å². The molecule has 1 aromatic heterocycles. The summed E-state index contributed by atoms with van der Waals surface area (Å²) >= 11 is 4.95. The van der Waals surface area contributed by atoms with Crippen LogP contribution in [0.5, 0.6) is 0 Å². The van der Waals surface area contributed by atoms with Crippen molar-refractivity contribution < 1.29 is 9.53 Å². The van der Waals surface area contributed by atoms with Gasteiger partial charge in [0.1, 0.15) is 0 Å². The smallest absolute Gasteiger partial charge is 0.407 e. The van der Waals surface area contributed by atoms with Crippen molar-refractivity contribution in [2.75, 3.05) is 7.11 Å². The first-order valence-electron chi connectivity index (χ1n) is 3.27. The van der Waals surface area contributed by atoms with Crippen LogP contribution in [-0.4, -0.2) is 13.2 Å². The van der Waals surface area contributed by atoms with E-state index in [0.717, 1.165) is 9.35 Å². The van der Waals surface area contributed by atoms with Crippen LogP contribution in [0.25, 0.3) is 0 Å².